The smallest absolute Gasteiger partial charge is 0.0674 e. The van der Waals surface area contributed by atoms with Gasteiger partial charge in [-0.25, -0.2) is 0 Å². The highest BCUT2D eigenvalue weighted by atomic mass is 32.2. The van der Waals surface area contributed by atoms with Crippen LogP contribution in [-0.4, -0.2) is 15.5 Å². The summed E-state index contributed by atoms with van der Waals surface area (Å²) in [7, 11) is 1.99. The molecule has 1 heterocycles. The quantitative estimate of drug-likeness (QED) is 0.766. The molecule has 17 heavy (non-hydrogen) atoms. The van der Waals surface area contributed by atoms with E-state index < -0.39 is 0 Å². The molecule has 1 aromatic heterocycles. The zero-order chi connectivity index (χ0) is 12.4. The van der Waals surface area contributed by atoms with Crippen molar-refractivity contribution in [3.63, 3.8) is 0 Å². The lowest BCUT2D eigenvalue weighted by Crippen LogP contribution is -1.92. The highest BCUT2D eigenvalue weighted by Crippen LogP contribution is 2.28. The third-order valence-electron chi connectivity index (χ3n) is 2.96. The number of thioether (sulfide) groups is 1. The minimum atomic E-state index is 1.10. The Morgan fingerprint density at radius 3 is 2.29 bits per heavy atom. The number of rotatable bonds is 3. The summed E-state index contributed by atoms with van der Waals surface area (Å²) >= 11 is 1.87. The molecule has 0 aliphatic carbocycles. The Kier molecular flexibility index (Phi) is 3.57. The van der Waals surface area contributed by atoms with E-state index in [0.29, 0.717) is 0 Å². The maximum Gasteiger partial charge on any atom is 0.0674 e. The molecular formula is C14H18N2S. The average Bonchev–Trinajstić information content (AvgIpc) is 2.55. The molecule has 0 saturated carbocycles. The van der Waals surface area contributed by atoms with Gasteiger partial charge in [0.25, 0.3) is 0 Å². The predicted octanol–water partition coefficient (Wildman–Crippen LogP) is 3.82. The molecule has 0 fully saturated rings. The van der Waals surface area contributed by atoms with E-state index in [9.17, 15) is 0 Å². The van der Waals surface area contributed by atoms with Gasteiger partial charge in [0.15, 0.2) is 0 Å². The fraction of sp³-hybridized carbons (Fsp3) is 0.357. The van der Waals surface area contributed by atoms with E-state index >= 15 is 0 Å². The molecule has 0 spiro atoms. The van der Waals surface area contributed by atoms with Crippen LogP contribution in [-0.2, 0) is 7.05 Å². The fourth-order valence-electron chi connectivity index (χ4n) is 2.08. The van der Waals surface area contributed by atoms with Crippen LogP contribution in [0.5, 0.6) is 0 Å². The average molecular weight is 246 g/mol. The first kappa shape index (κ1) is 12.2. The van der Waals surface area contributed by atoms with E-state index in [4.69, 9.17) is 0 Å². The van der Waals surface area contributed by atoms with Crippen LogP contribution in [0.3, 0.4) is 0 Å². The summed E-state index contributed by atoms with van der Waals surface area (Å²) in [6.45, 7) is 6.36. The molecule has 90 valence electrons. The van der Waals surface area contributed by atoms with Crippen molar-refractivity contribution in [3.05, 3.63) is 35.7 Å². The van der Waals surface area contributed by atoms with E-state index in [1.54, 1.807) is 0 Å². The van der Waals surface area contributed by atoms with Crippen molar-refractivity contribution in [1.82, 2.24) is 9.78 Å². The minimum Gasteiger partial charge on any atom is -0.272 e. The zero-order valence-corrected chi connectivity index (χ0v) is 11.6. The molecule has 1 aromatic carbocycles. The molecule has 0 atom stereocenters. The molecule has 0 aliphatic rings. The van der Waals surface area contributed by atoms with E-state index in [0.717, 1.165) is 11.4 Å². The molecule has 0 unspecified atom stereocenters. The van der Waals surface area contributed by atoms with Crippen molar-refractivity contribution < 1.29 is 0 Å². The topological polar surface area (TPSA) is 17.8 Å². The fourth-order valence-corrected chi connectivity index (χ4v) is 2.74. The maximum atomic E-state index is 4.46. The number of aromatic nitrogens is 2. The number of aryl methyl sites for hydroxylation is 2. The van der Waals surface area contributed by atoms with Crippen LogP contribution >= 0.6 is 11.8 Å². The van der Waals surface area contributed by atoms with Crippen molar-refractivity contribution in [2.45, 2.75) is 25.7 Å². The van der Waals surface area contributed by atoms with Crippen LogP contribution in [0.4, 0.5) is 0 Å². The first-order valence-corrected chi connectivity index (χ1v) is 6.85. The first-order valence-electron chi connectivity index (χ1n) is 5.87. The van der Waals surface area contributed by atoms with Gasteiger partial charge in [0.2, 0.25) is 0 Å². The van der Waals surface area contributed by atoms with Gasteiger partial charge in [-0.1, -0.05) is 19.1 Å². The van der Waals surface area contributed by atoms with Crippen molar-refractivity contribution >= 4 is 11.8 Å². The molecule has 2 rings (SSSR count). The Balaban J connectivity index is 2.39. The van der Waals surface area contributed by atoms with Gasteiger partial charge in [-0.05, 0) is 37.3 Å². The van der Waals surface area contributed by atoms with Crippen LogP contribution in [0, 0.1) is 13.8 Å². The molecule has 2 aromatic rings. The number of hydrogen-bond acceptors (Lipinski definition) is 2. The lowest BCUT2D eigenvalue weighted by molar-refractivity contribution is 0.731. The zero-order valence-electron chi connectivity index (χ0n) is 10.8. The molecule has 0 bridgehead atoms. The molecule has 0 aliphatic heterocycles. The van der Waals surface area contributed by atoms with Crippen molar-refractivity contribution in [3.8, 4) is 11.1 Å². The van der Waals surface area contributed by atoms with Gasteiger partial charge in [-0.15, -0.1) is 11.8 Å². The van der Waals surface area contributed by atoms with Gasteiger partial charge in [0, 0.05) is 23.2 Å². The number of benzene rings is 1. The van der Waals surface area contributed by atoms with Gasteiger partial charge in [-0.2, -0.15) is 5.10 Å². The van der Waals surface area contributed by atoms with Crippen LogP contribution in [0.25, 0.3) is 11.1 Å². The Labute approximate surface area is 107 Å². The summed E-state index contributed by atoms with van der Waals surface area (Å²) in [6.07, 6.45) is 0. The van der Waals surface area contributed by atoms with E-state index in [-0.39, 0.29) is 0 Å². The second kappa shape index (κ2) is 4.96. The SMILES string of the molecule is CCSc1ccc(-c2c(C)nn(C)c2C)cc1. The third-order valence-corrected chi connectivity index (χ3v) is 3.86. The summed E-state index contributed by atoms with van der Waals surface area (Å²) in [6, 6.07) is 8.76. The molecule has 0 N–H and O–H groups in total. The highest BCUT2D eigenvalue weighted by Gasteiger charge is 2.10. The molecule has 0 saturated heterocycles. The minimum absolute atomic E-state index is 1.10. The summed E-state index contributed by atoms with van der Waals surface area (Å²) in [4.78, 5) is 1.33. The van der Waals surface area contributed by atoms with E-state index in [1.165, 1.54) is 21.7 Å². The van der Waals surface area contributed by atoms with E-state index in [1.807, 2.05) is 23.5 Å². The van der Waals surface area contributed by atoms with Crippen LogP contribution in [0.1, 0.15) is 18.3 Å². The third kappa shape index (κ3) is 2.39. The summed E-state index contributed by atoms with van der Waals surface area (Å²) < 4.78 is 1.94. The molecule has 0 radical (unpaired) electrons. The molecular weight excluding hydrogens is 228 g/mol. The largest absolute Gasteiger partial charge is 0.272 e. The van der Waals surface area contributed by atoms with Crippen molar-refractivity contribution in [2.24, 2.45) is 7.05 Å². The van der Waals surface area contributed by atoms with Crippen LogP contribution in [0.2, 0.25) is 0 Å². The molecule has 2 nitrogen and oxygen atoms in total. The first-order chi connectivity index (χ1) is 8.13. The summed E-state index contributed by atoms with van der Waals surface area (Å²) in [5.74, 6) is 1.12. The lowest BCUT2D eigenvalue weighted by atomic mass is 10.0. The summed E-state index contributed by atoms with van der Waals surface area (Å²) in [5, 5.41) is 4.46. The van der Waals surface area contributed by atoms with Gasteiger partial charge in [0.05, 0.1) is 5.69 Å². The van der Waals surface area contributed by atoms with E-state index in [2.05, 4.69) is 50.1 Å². The van der Waals surface area contributed by atoms with Gasteiger partial charge in [-0.3, -0.25) is 4.68 Å². The summed E-state index contributed by atoms with van der Waals surface area (Å²) in [5.41, 5.74) is 4.84. The molecule has 3 heteroatoms. The number of nitrogens with zero attached hydrogens (tertiary/aromatic N) is 2. The van der Waals surface area contributed by atoms with Crippen LogP contribution < -0.4 is 0 Å². The standard InChI is InChI=1S/C14H18N2S/c1-5-17-13-8-6-12(7-9-13)14-10(2)15-16(4)11(14)3/h6-9H,5H2,1-4H3. The monoisotopic (exact) mass is 246 g/mol. The van der Waals surface area contributed by atoms with Crippen LogP contribution in [0.15, 0.2) is 29.2 Å². The molecule has 0 amide bonds. The Morgan fingerprint density at radius 1 is 1.18 bits per heavy atom. The van der Waals surface area contributed by atoms with Crippen molar-refractivity contribution in [2.75, 3.05) is 5.75 Å². The van der Waals surface area contributed by atoms with Gasteiger partial charge < -0.3 is 0 Å². The Hall–Kier alpha value is -1.22. The predicted molar refractivity (Wildman–Crippen MR) is 74.5 cm³/mol. The normalized spacial score (nSPS) is 10.8. The number of hydrogen-bond donors (Lipinski definition) is 0. The Morgan fingerprint density at radius 2 is 1.82 bits per heavy atom. The van der Waals surface area contributed by atoms with Gasteiger partial charge in [0.1, 0.15) is 0 Å². The second-order valence-electron chi connectivity index (χ2n) is 4.13. The highest BCUT2D eigenvalue weighted by molar-refractivity contribution is 7.99. The van der Waals surface area contributed by atoms with Crippen molar-refractivity contribution in [1.29, 1.82) is 0 Å². The maximum absolute atomic E-state index is 4.46. The second-order valence-corrected chi connectivity index (χ2v) is 5.46. The Bertz CT molecular complexity index is 512. The lowest BCUT2D eigenvalue weighted by Gasteiger charge is -2.04. The van der Waals surface area contributed by atoms with Gasteiger partial charge >= 0.3 is 0 Å².